The Morgan fingerprint density at radius 1 is 0.529 bits per heavy atom. The molecule has 0 saturated carbocycles. The summed E-state index contributed by atoms with van der Waals surface area (Å²) in [6.45, 7) is 25.7. The van der Waals surface area contributed by atoms with Crippen molar-refractivity contribution in [3.05, 3.63) is 178 Å². The molecule has 258 valence electrons. The first-order valence-electron chi connectivity index (χ1n) is 18.3. The van der Waals surface area contributed by atoms with Crippen molar-refractivity contribution in [3.8, 4) is 33.4 Å². The third-order valence-electron chi connectivity index (χ3n) is 10.1. The SMILES string of the molecule is C=C(C)c1ccccc1N=C(C)c1ccccc1.CC.Cc1cc2c(cc1-c1ccc(C)c(-c3ccccc3C)c1C)-c1ccccc1C2(C)C. The molecule has 7 rings (SSSR count). The van der Waals surface area contributed by atoms with E-state index in [1.165, 1.54) is 66.8 Å². The number of para-hydroxylation sites is 1. The largest absolute Gasteiger partial charge is 0.253 e. The van der Waals surface area contributed by atoms with Crippen LogP contribution in [0.25, 0.3) is 39.0 Å². The summed E-state index contributed by atoms with van der Waals surface area (Å²) in [5.41, 5.74) is 21.7. The number of allylic oxidation sites excluding steroid dienone is 1. The van der Waals surface area contributed by atoms with Gasteiger partial charge in [-0.25, -0.2) is 0 Å². The molecule has 1 aliphatic rings. The highest BCUT2D eigenvalue weighted by Gasteiger charge is 2.35. The van der Waals surface area contributed by atoms with Gasteiger partial charge in [0.25, 0.3) is 0 Å². The molecule has 0 aromatic heterocycles. The highest BCUT2D eigenvalue weighted by atomic mass is 14.7. The van der Waals surface area contributed by atoms with Crippen molar-refractivity contribution < 1.29 is 0 Å². The van der Waals surface area contributed by atoms with Crippen LogP contribution in [0.5, 0.6) is 0 Å². The Bertz CT molecular complexity index is 2210. The van der Waals surface area contributed by atoms with Crippen LogP contribution in [0.2, 0.25) is 0 Å². The summed E-state index contributed by atoms with van der Waals surface area (Å²) in [4.78, 5) is 4.71. The van der Waals surface area contributed by atoms with E-state index in [1.54, 1.807) is 0 Å². The van der Waals surface area contributed by atoms with Gasteiger partial charge in [-0.1, -0.05) is 150 Å². The van der Waals surface area contributed by atoms with E-state index in [2.05, 4.69) is 139 Å². The maximum absolute atomic E-state index is 4.71. The second-order valence-corrected chi connectivity index (χ2v) is 14.0. The molecule has 0 fully saturated rings. The summed E-state index contributed by atoms with van der Waals surface area (Å²) in [7, 11) is 0. The Balaban J connectivity index is 0.000000215. The summed E-state index contributed by atoms with van der Waals surface area (Å²) >= 11 is 0. The molecule has 1 aliphatic carbocycles. The molecule has 6 aromatic carbocycles. The zero-order chi connectivity index (χ0) is 36.9. The summed E-state index contributed by atoms with van der Waals surface area (Å²) in [5, 5.41) is 0. The zero-order valence-corrected chi connectivity index (χ0v) is 32.3. The molecule has 0 spiro atoms. The van der Waals surface area contributed by atoms with Gasteiger partial charge in [0.2, 0.25) is 0 Å². The number of aryl methyl sites for hydroxylation is 3. The van der Waals surface area contributed by atoms with E-state index >= 15 is 0 Å². The minimum atomic E-state index is 0.0455. The molecule has 0 unspecified atom stereocenters. The highest BCUT2D eigenvalue weighted by molar-refractivity contribution is 6.00. The van der Waals surface area contributed by atoms with Crippen molar-refractivity contribution >= 4 is 17.0 Å². The van der Waals surface area contributed by atoms with Gasteiger partial charge in [0.05, 0.1) is 5.69 Å². The third kappa shape index (κ3) is 7.45. The van der Waals surface area contributed by atoms with Crippen molar-refractivity contribution in [1.82, 2.24) is 0 Å². The quantitative estimate of drug-likeness (QED) is 0.162. The topological polar surface area (TPSA) is 12.4 Å². The normalized spacial score (nSPS) is 12.5. The number of rotatable bonds is 5. The Kier molecular flexibility index (Phi) is 11.4. The van der Waals surface area contributed by atoms with E-state index in [1.807, 2.05) is 64.1 Å². The van der Waals surface area contributed by atoms with Crippen molar-refractivity contribution in [2.45, 2.75) is 74.7 Å². The van der Waals surface area contributed by atoms with Gasteiger partial charge < -0.3 is 0 Å². The molecule has 51 heavy (non-hydrogen) atoms. The van der Waals surface area contributed by atoms with Crippen LogP contribution in [0.3, 0.4) is 0 Å². The molecule has 0 bridgehead atoms. The van der Waals surface area contributed by atoms with Gasteiger partial charge in [0, 0.05) is 16.7 Å². The van der Waals surface area contributed by atoms with Crippen molar-refractivity contribution in [2.24, 2.45) is 4.99 Å². The van der Waals surface area contributed by atoms with E-state index < -0.39 is 0 Å². The lowest BCUT2D eigenvalue weighted by Gasteiger charge is -2.23. The van der Waals surface area contributed by atoms with Crippen molar-refractivity contribution in [3.63, 3.8) is 0 Å². The van der Waals surface area contributed by atoms with Crippen LogP contribution in [0.4, 0.5) is 5.69 Å². The molecule has 0 N–H and O–H groups in total. The molecule has 1 nitrogen and oxygen atoms in total. The third-order valence-corrected chi connectivity index (χ3v) is 10.1. The lowest BCUT2D eigenvalue weighted by atomic mass is 9.80. The average Bonchev–Trinajstić information content (AvgIpc) is 3.35. The number of fused-ring (bicyclic) bond motifs is 3. The van der Waals surface area contributed by atoms with Crippen LogP contribution < -0.4 is 0 Å². The van der Waals surface area contributed by atoms with E-state index in [-0.39, 0.29) is 5.41 Å². The molecule has 1 heteroatoms. The fourth-order valence-corrected chi connectivity index (χ4v) is 7.41. The van der Waals surface area contributed by atoms with E-state index in [9.17, 15) is 0 Å². The maximum atomic E-state index is 4.71. The maximum Gasteiger partial charge on any atom is 0.0707 e. The van der Waals surface area contributed by atoms with Crippen LogP contribution in [0.15, 0.2) is 139 Å². The molecule has 0 heterocycles. The molecule has 0 radical (unpaired) electrons. The van der Waals surface area contributed by atoms with Gasteiger partial charge >= 0.3 is 0 Å². The van der Waals surface area contributed by atoms with Crippen LogP contribution in [0, 0.1) is 27.7 Å². The molecule has 0 aliphatic heterocycles. The molecule has 6 aromatic rings. The Labute approximate surface area is 307 Å². The van der Waals surface area contributed by atoms with E-state index in [0.717, 1.165) is 28.1 Å². The monoisotopic (exact) mass is 667 g/mol. The van der Waals surface area contributed by atoms with Gasteiger partial charge in [-0.2, -0.15) is 0 Å². The van der Waals surface area contributed by atoms with E-state index in [4.69, 9.17) is 4.99 Å². The Morgan fingerprint density at radius 3 is 1.82 bits per heavy atom. The predicted octanol–water partition coefficient (Wildman–Crippen LogP) is 14.4. The second-order valence-electron chi connectivity index (χ2n) is 14.0. The first-order valence-corrected chi connectivity index (χ1v) is 18.3. The molecule has 0 atom stereocenters. The second kappa shape index (κ2) is 15.7. The number of hydrogen-bond donors (Lipinski definition) is 0. The van der Waals surface area contributed by atoms with Gasteiger partial charge in [0.15, 0.2) is 0 Å². The molecule has 0 saturated heterocycles. The van der Waals surface area contributed by atoms with Crippen molar-refractivity contribution in [1.29, 1.82) is 0 Å². The van der Waals surface area contributed by atoms with Crippen LogP contribution in [-0.2, 0) is 5.41 Å². The summed E-state index contributed by atoms with van der Waals surface area (Å²) < 4.78 is 0. The lowest BCUT2D eigenvalue weighted by molar-refractivity contribution is 0.660. The Hall–Kier alpha value is -5.27. The fraction of sp³-hybridized carbons (Fsp3) is 0.220. The molecular weight excluding hydrogens is 615 g/mol. The summed E-state index contributed by atoms with van der Waals surface area (Å²) in [6, 6.07) is 45.4. The minimum Gasteiger partial charge on any atom is -0.253 e. The number of hydrogen-bond acceptors (Lipinski definition) is 1. The minimum absolute atomic E-state index is 0.0455. The standard InChI is InChI=1S/C31H30.C17H17N.C2H6/c1-19-11-7-8-12-23(19)30-20(2)15-16-24(22(30)4)26-18-27-25-13-9-10-14-28(25)31(5,6)29(27)17-21(26)3;1-13(2)16-11-7-8-12-17(16)18-14(3)15-9-5-4-6-10-15;1-2/h7-18H,1-6H3;4-12H,1H2,2-3H3;1-2H3. The van der Waals surface area contributed by atoms with E-state index in [0.29, 0.717) is 0 Å². The fourth-order valence-electron chi connectivity index (χ4n) is 7.41. The summed E-state index contributed by atoms with van der Waals surface area (Å²) in [6.07, 6.45) is 0. The zero-order valence-electron chi connectivity index (χ0n) is 32.3. The van der Waals surface area contributed by atoms with Gasteiger partial charge in [-0.05, 0) is 132 Å². The molecule has 0 amide bonds. The lowest BCUT2D eigenvalue weighted by Crippen LogP contribution is -2.15. The van der Waals surface area contributed by atoms with Gasteiger partial charge in [-0.3, -0.25) is 4.99 Å². The van der Waals surface area contributed by atoms with Crippen LogP contribution in [0.1, 0.15) is 86.1 Å². The molecular formula is C50H53N. The van der Waals surface area contributed by atoms with Crippen LogP contribution in [-0.4, -0.2) is 5.71 Å². The van der Waals surface area contributed by atoms with Gasteiger partial charge in [-0.15, -0.1) is 0 Å². The van der Waals surface area contributed by atoms with Crippen molar-refractivity contribution in [2.75, 3.05) is 0 Å². The first kappa shape index (κ1) is 37.0. The highest BCUT2D eigenvalue weighted by Crippen LogP contribution is 2.50. The first-order chi connectivity index (χ1) is 24.5. The van der Waals surface area contributed by atoms with Gasteiger partial charge in [0.1, 0.15) is 0 Å². The smallest absolute Gasteiger partial charge is 0.0707 e. The predicted molar refractivity (Wildman–Crippen MR) is 225 cm³/mol. The number of aliphatic imine (C=N–C) groups is 1. The average molecular weight is 668 g/mol. The summed E-state index contributed by atoms with van der Waals surface area (Å²) in [5.74, 6) is 0. The number of nitrogens with zero attached hydrogens (tertiary/aromatic N) is 1. The number of benzene rings is 6. The van der Waals surface area contributed by atoms with Crippen LogP contribution >= 0.6 is 0 Å². The Morgan fingerprint density at radius 2 is 1.14 bits per heavy atom.